The maximum atomic E-state index is 13.8. The van der Waals surface area contributed by atoms with Crippen LogP contribution in [-0.4, -0.2) is 11.2 Å². The highest BCUT2D eigenvalue weighted by atomic mass is 19.1. The van der Waals surface area contributed by atoms with E-state index in [2.05, 4.69) is 0 Å². The topological polar surface area (TPSA) is 69.4 Å². The quantitative estimate of drug-likeness (QED) is 0.485. The van der Waals surface area contributed by atoms with Crippen molar-refractivity contribution in [3.8, 4) is 11.5 Å². The molecule has 0 unspecified atom stereocenters. The van der Waals surface area contributed by atoms with Crippen LogP contribution < -0.4 is 4.74 Å². The lowest BCUT2D eigenvalue weighted by atomic mass is 10.1. The van der Waals surface area contributed by atoms with Crippen LogP contribution in [-0.2, 0) is 0 Å². The Kier molecular flexibility index (Phi) is 3.98. The molecule has 0 radical (unpaired) electrons. The molecule has 6 heteroatoms. The van der Waals surface area contributed by atoms with Gasteiger partial charge in [-0.1, -0.05) is 0 Å². The van der Waals surface area contributed by atoms with Gasteiger partial charge in [-0.2, -0.15) is 0 Å². The number of carbonyl (C=O) groups is 1. The maximum Gasteiger partial charge on any atom is 0.272 e. The highest BCUT2D eigenvalue weighted by Gasteiger charge is 2.15. The summed E-state index contributed by atoms with van der Waals surface area (Å²) in [6.45, 7) is 3.22. The van der Waals surface area contributed by atoms with E-state index in [0.717, 1.165) is 6.07 Å². The molecule has 0 saturated carbocycles. The number of nitro groups is 1. The summed E-state index contributed by atoms with van der Waals surface area (Å²) in [5.74, 6) is -0.386. The second kappa shape index (κ2) is 5.70. The minimum atomic E-state index is -0.671. The van der Waals surface area contributed by atoms with Crippen LogP contribution in [0.4, 0.5) is 10.1 Å². The Morgan fingerprint density at radius 1 is 1.14 bits per heavy atom. The molecule has 0 saturated heterocycles. The van der Waals surface area contributed by atoms with E-state index < -0.39 is 10.7 Å². The number of halogens is 1. The van der Waals surface area contributed by atoms with E-state index in [-0.39, 0.29) is 17.0 Å². The fourth-order valence-electron chi connectivity index (χ4n) is 1.87. The molecule has 0 heterocycles. The van der Waals surface area contributed by atoms with Crippen LogP contribution in [0, 0.1) is 29.8 Å². The predicted octanol–water partition coefficient (Wildman–Crippen LogP) is 3.96. The largest absolute Gasteiger partial charge is 0.454 e. The number of aldehydes is 1. The highest BCUT2D eigenvalue weighted by molar-refractivity contribution is 5.75. The van der Waals surface area contributed by atoms with Crippen LogP contribution in [0.25, 0.3) is 0 Å². The molecule has 0 atom stereocenters. The second-order valence-electron chi connectivity index (χ2n) is 4.57. The van der Waals surface area contributed by atoms with Gasteiger partial charge < -0.3 is 4.74 Å². The zero-order valence-corrected chi connectivity index (χ0v) is 11.4. The third-order valence-corrected chi connectivity index (χ3v) is 3.00. The fourth-order valence-corrected chi connectivity index (χ4v) is 1.87. The summed E-state index contributed by atoms with van der Waals surface area (Å²) in [5.41, 5.74) is 1.13. The summed E-state index contributed by atoms with van der Waals surface area (Å²) in [6.07, 6.45) is 0.536. The van der Waals surface area contributed by atoms with Gasteiger partial charge in [0.05, 0.1) is 4.92 Å². The number of rotatable bonds is 4. The van der Waals surface area contributed by atoms with Gasteiger partial charge in [0.1, 0.15) is 12.0 Å². The van der Waals surface area contributed by atoms with E-state index in [1.54, 1.807) is 13.8 Å². The Bertz CT molecular complexity index is 728. The first-order valence-electron chi connectivity index (χ1n) is 6.10. The molecule has 108 valence electrons. The fraction of sp³-hybridized carbons (Fsp3) is 0.133. The molecular formula is C15H12FNO4. The summed E-state index contributed by atoms with van der Waals surface area (Å²) in [4.78, 5) is 20.9. The third-order valence-electron chi connectivity index (χ3n) is 3.00. The first kappa shape index (κ1) is 14.6. The standard InChI is InChI=1S/C15H12FNO4/c1-9-6-15(10(2)5-13(9)17(19)20)21-14-4-3-11(8-18)7-12(14)16/h3-8H,1-2H3. The molecule has 2 rings (SSSR count). The average molecular weight is 289 g/mol. The van der Waals surface area contributed by atoms with Crippen LogP contribution in [0.3, 0.4) is 0 Å². The molecule has 2 aromatic carbocycles. The van der Waals surface area contributed by atoms with Gasteiger partial charge in [0.15, 0.2) is 11.6 Å². The molecule has 0 aromatic heterocycles. The summed E-state index contributed by atoms with van der Waals surface area (Å²) in [5, 5.41) is 10.8. The summed E-state index contributed by atoms with van der Waals surface area (Å²) < 4.78 is 19.2. The van der Waals surface area contributed by atoms with E-state index in [9.17, 15) is 19.3 Å². The summed E-state index contributed by atoms with van der Waals surface area (Å²) in [7, 11) is 0. The van der Waals surface area contributed by atoms with Gasteiger partial charge in [0.2, 0.25) is 0 Å². The smallest absolute Gasteiger partial charge is 0.272 e. The van der Waals surface area contributed by atoms with Crippen molar-refractivity contribution in [1.29, 1.82) is 0 Å². The van der Waals surface area contributed by atoms with E-state index in [1.165, 1.54) is 24.3 Å². The minimum Gasteiger partial charge on any atom is -0.454 e. The van der Waals surface area contributed by atoms with Gasteiger partial charge in [-0.05, 0) is 43.7 Å². The van der Waals surface area contributed by atoms with Crippen molar-refractivity contribution in [1.82, 2.24) is 0 Å². The Balaban J connectivity index is 2.38. The van der Waals surface area contributed by atoms with E-state index in [1.807, 2.05) is 0 Å². The van der Waals surface area contributed by atoms with E-state index in [4.69, 9.17) is 4.74 Å². The molecule has 5 nitrogen and oxygen atoms in total. The number of carbonyl (C=O) groups excluding carboxylic acids is 1. The Morgan fingerprint density at radius 3 is 2.43 bits per heavy atom. The molecular weight excluding hydrogens is 277 g/mol. The second-order valence-corrected chi connectivity index (χ2v) is 4.57. The average Bonchev–Trinajstić information content (AvgIpc) is 2.44. The van der Waals surface area contributed by atoms with Gasteiger partial charge in [-0.25, -0.2) is 4.39 Å². The number of nitrogens with zero attached hydrogens (tertiary/aromatic N) is 1. The molecule has 0 N–H and O–H groups in total. The number of benzene rings is 2. The Morgan fingerprint density at radius 2 is 1.86 bits per heavy atom. The Labute approximate surface area is 120 Å². The van der Waals surface area contributed by atoms with Gasteiger partial charge >= 0.3 is 0 Å². The van der Waals surface area contributed by atoms with Crippen molar-refractivity contribution in [2.45, 2.75) is 13.8 Å². The molecule has 0 aliphatic rings. The lowest BCUT2D eigenvalue weighted by Crippen LogP contribution is -1.96. The molecule has 0 fully saturated rings. The molecule has 21 heavy (non-hydrogen) atoms. The normalized spacial score (nSPS) is 10.2. The van der Waals surface area contributed by atoms with Crippen LogP contribution >= 0.6 is 0 Å². The van der Waals surface area contributed by atoms with E-state index >= 15 is 0 Å². The van der Waals surface area contributed by atoms with Crippen LogP contribution in [0.1, 0.15) is 21.5 Å². The number of nitro benzene ring substituents is 1. The third kappa shape index (κ3) is 3.05. The molecule has 2 aromatic rings. The molecule has 0 aliphatic heterocycles. The first-order valence-corrected chi connectivity index (χ1v) is 6.10. The maximum absolute atomic E-state index is 13.8. The van der Waals surface area contributed by atoms with Gasteiger partial charge in [0.25, 0.3) is 5.69 Å². The van der Waals surface area contributed by atoms with E-state index in [0.29, 0.717) is 23.2 Å². The lowest BCUT2D eigenvalue weighted by Gasteiger charge is -2.11. The van der Waals surface area contributed by atoms with Gasteiger partial charge in [-0.15, -0.1) is 0 Å². The van der Waals surface area contributed by atoms with Crippen molar-refractivity contribution in [3.63, 3.8) is 0 Å². The first-order chi connectivity index (χ1) is 9.92. The molecule has 0 bridgehead atoms. The van der Waals surface area contributed by atoms with Crippen molar-refractivity contribution in [2.75, 3.05) is 0 Å². The lowest BCUT2D eigenvalue weighted by molar-refractivity contribution is -0.385. The summed E-state index contributed by atoms with van der Waals surface area (Å²) >= 11 is 0. The van der Waals surface area contributed by atoms with Gasteiger partial charge in [-0.3, -0.25) is 14.9 Å². The SMILES string of the molecule is Cc1cc([N+](=O)[O-])c(C)cc1Oc1ccc(C=O)cc1F. The number of hydrogen-bond donors (Lipinski definition) is 0. The zero-order valence-electron chi connectivity index (χ0n) is 11.4. The number of aryl methyl sites for hydroxylation is 2. The monoisotopic (exact) mass is 289 g/mol. The summed E-state index contributed by atoms with van der Waals surface area (Å²) in [6, 6.07) is 6.70. The Hall–Kier alpha value is -2.76. The van der Waals surface area contributed by atoms with Crippen LogP contribution in [0.15, 0.2) is 30.3 Å². The van der Waals surface area contributed by atoms with Crippen LogP contribution in [0.5, 0.6) is 11.5 Å². The molecule has 0 aliphatic carbocycles. The minimum absolute atomic E-state index is 0.0170. The van der Waals surface area contributed by atoms with Crippen molar-refractivity contribution >= 4 is 12.0 Å². The van der Waals surface area contributed by atoms with Crippen molar-refractivity contribution < 1.29 is 18.8 Å². The zero-order chi connectivity index (χ0) is 15.6. The number of hydrogen-bond acceptors (Lipinski definition) is 4. The van der Waals surface area contributed by atoms with Crippen molar-refractivity contribution in [3.05, 3.63) is 63.0 Å². The predicted molar refractivity (Wildman–Crippen MR) is 74.4 cm³/mol. The molecule has 0 amide bonds. The number of ether oxygens (including phenoxy) is 1. The van der Waals surface area contributed by atoms with Crippen LogP contribution in [0.2, 0.25) is 0 Å². The van der Waals surface area contributed by atoms with Crippen molar-refractivity contribution in [2.24, 2.45) is 0 Å². The van der Waals surface area contributed by atoms with Gasteiger partial charge in [0, 0.05) is 17.2 Å². The molecule has 0 spiro atoms. The highest BCUT2D eigenvalue weighted by Crippen LogP contribution is 2.32.